The molecule has 0 atom stereocenters. The lowest BCUT2D eigenvalue weighted by Gasteiger charge is -2.06. The molecule has 2 heteroatoms. The summed E-state index contributed by atoms with van der Waals surface area (Å²) in [6, 6.07) is 7.91. The maximum absolute atomic E-state index is 11.0. The van der Waals surface area contributed by atoms with Crippen molar-refractivity contribution in [3.63, 3.8) is 0 Å². The summed E-state index contributed by atoms with van der Waals surface area (Å²) in [4.78, 5) is 11.0. The zero-order valence-corrected chi connectivity index (χ0v) is 11.3. The highest BCUT2D eigenvalue weighted by Crippen LogP contribution is 2.12. The zero-order chi connectivity index (χ0) is 13.3. The number of benzene rings is 1. The molecule has 0 aromatic heterocycles. The minimum atomic E-state index is -0.174. The summed E-state index contributed by atoms with van der Waals surface area (Å²) in [7, 11) is 0. The first kappa shape index (κ1) is 15.4. The molecule has 0 heterocycles. The molecule has 94 valence electrons. The molecular weight excluding hydrogens is 210 g/mol. The molecular formula is C15H23NO. The molecule has 0 bridgehead atoms. The van der Waals surface area contributed by atoms with Crippen LogP contribution in [0.5, 0.6) is 0 Å². The van der Waals surface area contributed by atoms with Gasteiger partial charge in [0.2, 0.25) is 5.91 Å². The van der Waals surface area contributed by atoms with Crippen LogP contribution in [0, 0.1) is 5.92 Å². The van der Waals surface area contributed by atoms with Crippen LogP contribution in [0.25, 0.3) is 0 Å². The molecule has 1 aromatic rings. The van der Waals surface area contributed by atoms with E-state index in [9.17, 15) is 4.79 Å². The smallest absolute Gasteiger partial charge is 0.247 e. The van der Waals surface area contributed by atoms with E-state index in [-0.39, 0.29) is 5.91 Å². The maximum atomic E-state index is 11.0. The van der Waals surface area contributed by atoms with Crippen LogP contribution in [0.3, 0.4) is 0 Å². The quantitative estimate of drug-likeness (QED) is 0.781. The largest absolute Gasteiger partial charge is 0.323 e. The molecule has 0 aliphatic heterocycles. The van der Waals surface area contributed by atoms with E-state index in [1.165, 1.54) is 11.6 Å². The fourth-order valence-electron chi connectivity index (χ4n) is 1.39. The van der Waals surface area contributed by atoms with Crippen molar-refractivity contribution in [2.75, 3.05) is 5.32 Å². The summed E-state index contributed by atoms with van der Waals surface area (Å²) in [5, 5.41) is 2.72. The predicted molar refractivity (Wildman–Crippen MR) is 75.2 cm³/mol. The first-order chi connectivity index (χ1) is 8.11. The monoisotopic (exact) mass is 233 g/mol. The fourth-order valence-corrected chi connectivity index (χ4v) is 1.39. The van der Waals surface area contributed by atoms with Gasteiger partial charge in [-0.1, -0.05) is 46.4 Å². The van der Waals surface area contributed by atoms with Gasteiger partial charge in [-0.3, -0.25) is 4.79 Å². The Kier molecular flexibility index (Phi) is 7.78. The highest BCUT2D eigenvalue weighted by molar-refractivity contribution is 5.98. The standard InChI is InChI=1S/C13H17NO.C2H6/c1-4-13(15)14-12-7-5-11(6-8-12)9-10(2)3;1-2/h4-8,10H,1,9H2,2-3H3,(H,14,15);1-2H3. The second-order valence-electron chi connectivity index (χ2n) is 3.99. The molecule has 1 amide bonds. The molecule has 0 saturated heterocycles. The molecule has 1 N–H and O–H groups in total. The Morgan fingerprint density at radius 1 is 1.29 bits per heavy atom. The summed E-state index contributed by atoms with van der Waals surface area (Å²) < 4.78 is 0. The topological polar surface area (TPSA) is 29.1 Å². The molecule has 0 unspecified atom stereocenters. The van der Waals surface area contributed by atoms with Gasteiger partial charge in [-0.2, -0.15) is 0 Å². The Bertz CT molecular complexity index is 338. The number of carbonyl (C=O) groups excluding carboxylic acids is 1. The van der Waals surface area contributed by atoms with Gasteiger partial charge in [0.25, 0.3) is 0 Å². The number of amides is 1. The van der Waals surface area contributed by atoms with Crippen LogP contribution in [0.1, 0.15) is 33.3 Å². The summed E-state index contributed by atoms with van der Waals surface area (Å²) in [5.74, 6) is 0.477. The summed E-state index contributed by atoms with van der Waals surface area (Å²) in [6.45, 7) is 11.8. The van der Waals surface area contributed by atoms with E-state index in [1.807, 2.05) is 38.1 Å². The SMILES string of the molecule is C=CC(=O)Nc1ccc(CC(C)C)cc1.CC. The third-order valence-electron chi connectivity index (χ3n) is 2.05. The Morgan fingerprint density at radius 3 is 2.24 bits per heavy atom. The lowest BCUT2D eigenvalue weighted by molar-refractivity contribution is -0.111. The number of hydrogen-bond acceptors (Lipinski definition) is 1. The molecule has 0 saturated carbocycles. The van der Waals surface area contributed by atoms with E-state index in [0.717, 1.165) is 12.1 Å². The fraction of sp³-hybridized carbons (Fsp3) is 0.400. The highest BCUT2D eigenvalue weighted by Gasteiger charge is 1.99. The van der Waals surface area contributed by atoms with Gasteiger partial charge < -0.3 is 5.32 Å². The molecule has 2 nitrogen and oxygen atoms in total. The van der Waals surface area contributed by atoms with Gasteiger partial charge >= 0.3 is 0 Å². The Labute approximate surface area is 105 Å². The van der Waals surface area contributed by atoms with Crippen molar-refractivity contribution < 1.29 is 4.79 Å². The van der Waals surface area contributed by atoms with Crippen molar-refractivity contribution >= 4 is 11.6 Å². The normalized spacial score (nSPS) is 9.24. The number of anilines is 1. The minimum absolute atomic E-state index is 0.174. The second kappa shape index (κ2) is 8.57. The van der Waals surface area contributed by atoms with Crippen molar-refractivity contribution in [2.24, 2.45) is 5.92 Å². The van der Waals surface area contributed by atoms with Gasteiger partial charge in [-0.05, 0) is 36.1 Å². The van der Waals surface area contributed by atoms with E-state index in [1.54, 1.807) is 0 Å². The van der Waals surface area contributed by atoms with Gasteiger partial charge in [0.05, 0.1) is 0 Å². The van der Waals surface area contributed by atoms with E-state index in [4.69, 9.17) is 0 Å². The lowest BCUT2D eigenvalue weighted by Crippen LogP contribution is -2.07. The van der Waals surface area contributed by atoms with Crippen molar-refractivity contribution in [1.82, 2.24) is 0 Å². The van der Waals surface area contributed by atoms with Gasteiger partial charge in [-0.15, -0.1) is 0 Å². The number of nitrogens with one attached hydrogen (secondary N) is 1. The van der Waals surface area contributed by atoms with Crippen molar-refractivity contribution in [3.8, 4) is 0 Å². The molecule has 0 fully saturated rings. The average Bonchev–Trinajstić information content (AvgIpc) is 2.33. The third kappa shape index (κ3) is 6.56. The summed E-state index contributed by atoms with van der Waals surface area (Å²) in [5.41, 5.74) is 2.11. The van der Waals surface area contributed by atoms with Gasteiger partial charge in [0.15, 0.2) is 0 Å². The number of rotatable bonds is 4. The van der Waals surface area contributed by atoms with Crippen LogP contribution in [-0.2, 0) is 11.2 Å². The van der Waals surface area contributed by atoms with Gasteiger partial charge in [-0.25, -0.2) is 0 Å². The average molecular weight is 233 g/mol. The second-order valence-corrected chi connectivity index (χ2v) is 3.99. The Balaban J connectivity index is 0.00000121. The molecule has 0 radical (unpaired) electrons. The van der Waals surface area contributed by atoms with Crippen LogP contribution in [0.15, 0.2) is 36.9 Å². The minimum Gasteiger partial charge on any atom is -0.323 e. The van der Waals surface area contributed by atoms with Crippen LogP contribution in [0.2, 0.25) is 0 Å². The van der Waals surface area contributed by atoms with E-state index in [0.29, 0.717) is 5.92 Å². The number of hydrogen-bond donors (Lipinski definition) is 1. The van der Waals surface area contributed by atoms with Crippen molar-refractivity contribution in [1.29, 1.82) is 0 Å². The summed E-state index contributed by atoms with van der Waals surface area (Å²) >= 11 is 0. The highest BCUT2D eigenvalue weighted by atomic mass is 16.1. The zero-order valence-electron chi connectivity index (χ0n) is 11.3. The molecule has 0 aliphatic carbocycles. The first-order valence-corrected chi connectivity index (χ1v) is 6.14. The molecule has 1 rings (SSSR count). The van der Waals surface area contributed by atoms with Gasteiger partial charge in [0.1, 0.15) is 0 Å². The molecule has 17 heavy (non-hydrogen) atoms. The van der Waals surface area contributed by atoms with Crippen LogP contribution >= 0.6 is 0 Å². The summed E-state index contributed by atoms with van der Waals surface area (Å²) in [6.07, 6.45) is 2.33. The Hall–Kier alpha value is -1.57. The van der Waals surface area contributed by atoms with Crippen LogP contribution in [-0.4, -0.2) is 5.91 Å². The van der Waals surface area contributed by atoms with Crippen LogP contribution in [0.4, 0.5) is 5.69 Å². The van der Waals surface area contributed by atoms with Crippen molar-refractivity contribution in [3.05, 3.63) is 42.5 Å². The Morgan fingerprint density at radius 2 is 1.82 bits per heavy atom. The van der Waals surface area contributed by atoms with Crippen molar-refractivity contribution in [2.45, 2.75) is 34.1 Å². The van der Waals surface area contributed by atoms with Crippen LogP contribution < -0.4 is 5.32 Å². The van der Waals surface area contributed by atoms with E-state index < -0.39 is 0 Å². The number of carbonyl (C=O) groups is 1. The lowest BCUT2D eigenvalue weighted by atomic mass is 10.0. The molecule has 1 aromatic carbocycles. The first-order valence-electron chi connectivity index (χ1n) is 6.14. The van der Waals surface area contributed by atoms with E-state index in [2.05, 4.69) is 25.7 Å². The predicted octanol–water partition coefficient (Wildman–Crippen LogP) is 4.04. The molecule has 0 spiro atoms. The molecule has 0 aliphatic rings. The van der Waals surface area contributed by atoms with Gasteiger partial charge in [0, 0.05) is 5.69 Å². The third-order valence-corrected chi connectivity index (χ3v) is 2.05. The maximum Gasteiger partial charge on any atom is 0.247 e. The van der Waals surface area contributed by atoms with E-state index >= 15 is 0 Å².